The molecule has 2 atom stereocenters. The summed E-state index contributed by atoms with van der Waals surface area (Å²) in [6.07, 6.45) is 8.82. The summed E-state index contributed by atoms with van der Waals surface area (Å²) in [7, 11) is 0. The zero-order valence-electron chi connectivity index (χ0n) is 21.3. The Bertz CT molecular complexity index is 1440. The van der Waals surface area contributed by atoms with Crippen LogP contribution >= 0.6 is 11.6 Å². The quantitative estimate of drug-likeness (QED) is 0.240. The third kappa shape index (κ3) is 5.30. The molecule has 5 rings (SSSR count). The number of rotatable bonds is 9. The standard InChI is InChI=1S/C30H34ClN3O3/c1-2-3-4-8-17-25-27-28(33-37-25)26-23(31)15-10-16-24(26)34(30(27)36)22-14-9-11-20(18-22)19-32-29(35)21-12-6-5-7-13-21/h5-7,10,12-13,15-16,20,22H,2-4,8-9,11,14,17-19H2,1H3,(H,32,35). The zero-order chi connectivity index (χ0) is 25.8. The van der Waals surface area contributed by atoms with Gasteiger partial charge in [-0.2, -0.15) is 0 Å². The van der Waals surface area contributed by atoms with Gasteiger partial charge in [0.05, 0.1) is 10.5 Å². The number of nitrogens with one attached hydrogen (secondary N) is 1. The maximum Gasteiger partial charge on any atom is 0.264 e. The van der Waals surface area contributed by atoms with Gasteiger partial charge in [0.1, 0.15) is 16.7 Å². The molecule has 6 nitrogen and oxygen atoms in total. The van der Waals surface area contributed by atoms with E-state index in [1.165, 1.54) is 0 Å². The maximum absolute atomic E-state index is 14.0. The van der Waals surface area contributed by atoms with E-state index in [1.807, 2.05) is 53.1 Å². The van der Waals surface area contributed by atoms with Gasteiger partial charge in [-0.25, -0.2) is 0 Å². The van der Waals surface area contributed by atoms with Crippen molar-refractivity contribution < 1.29 is 9.32 Å². The molecule has 2 heterocycles. The molecule has 4 aromatic rings. The predicted molar refractivity (Wildman–Crippen MR) is 148 cm³/mol. The molecule has 2 aromatic heterocycles. The first-order chi connectivity index (χ1) is 18.1. The molecule has 1 aliphatic carbocycles. The van der Waals surface area contributed by atoms with Crippen molar-refractivity contribution >= 4 is 39.3 Å². The van der Waals surface area contributed by atoms with Crippen LogP contribution in [0.15, 0.2) is 57.8 Å². The van der Waals surface area contributed by atoms with Gasteiger partial charge in [0.15, 0.2) is 0 Å². The molecule has 1 amide bonds. The molecule has 194 valence electrons. The fraction of sp³-hybridized carbons (Fsp3) is 0.433. The first-order valence-electron chi connectivity index (χ1n) is 13.5. The smallest absolute Gasteiger partial charge is 0.264 e. The van der Waals surface area contributed by atoms with Crippen LogP contribution in [0.1, 0.15) is 80.5 Å². The van der Waals surface area contributed by atoms with E-state index in [2.05, 4.69) is 17.4 Å². The number of benzene rings is 2. The van der Waals surface area contributed by atoms with Crippen LogP contribution in [0.3, 0.4) is 0 Å². The van der Waals surface area contributed by atoms with Gasteiger partial charge in [0, 0.05) is 30.0 Å². The Kier molecular flexibility index (Phi) is 7.94. The van der Waals surface area contributed by atoms with Crippen LogP contribution in [-0.4, -0.2) is 22.2 Å². The number of pyridine rings is 1. The largest absolute Gasteiger partial charge is 0.360 e. The lowest BCUT2D eigenvalue weighted by molar-refractivity contribution is 0.0940. The van der Waals surface area contributed by atoms with E-state index in [0.29, 0.717) is 46.1 Å². The topological polar surface area (TPSA) is 77.1 Å². The van der Waals surface area contributed by atoms with Crippen molar-refractivity contribution in [3.05, 3.63) is 75.2 Å². The van der Waals surface area contributed by atoms with Crippen molar-refractivity contribution in [1.82, 2.24) is 15.0 Å². The molecule has 37 heavy (non-hydrogen) atoms. The molecule has 0 bridgehead atoms. The van der Waals surface area contributed by atoms with E-state index in [9.17, 15) is 9.59 Å². The number of carbonyl (C=O) groups excluding carboxylic acids is 1. The highest BCUT2D eigenvalue weighted by Gasteiger charge is 2.28. The average Bonchev–Trinajstić information content (AvgIpc) is 3.35. The average molecular weight is 520 g/mol. The summed E-state index contributed by atoms with van der Waals surface area (Å²) in [6.45, 7) is 2.77. The number of unbranched alkanes of at least 4 members (excludes halogenated alkanes) is 3. The predicted octanol–water partition coefficient (Wildman–Crippen LogP) is 7.08. The van der Waals surface area contributed by atoms with Crippen molar-refractivity contribution in [2.45, 2.75) is 70.8 Å². The molecule has 1 fully saturated rings. The normalized spacial score (nSPS) is 17.9. The summed E-state index contributed by atoms with van der Waals surface area (Å²) in [5.41, 5.74) is 1.98. The third-order valence-electron chi connectivity index (χ3n) is 7.65. The molecule has 2 aromatic carbocycles. The van der Waals surface area contributed by atoms with E-state index < -0.39 is 0 Å². The first-order valence-corrected chi connectivity index (χ1v) is 13.9. The number of aromatic nitrogens is 2. The Morgan fingerprint density at radius 3 is 2.73 bits per heavy atom. The first kappa shape index (κ1) is 25.5. The van der Waals surface area contributed by atoms with Crippen LogP contribution in [0.2, 0.25) is 5.02 Å². The van der Waals surface area contributed by atoms with Gasteiger partial charge in [-0.15, -0.1) is 0 Å². The van der Waals surface area contributed by atoms with Crippen molar-refractivity contribution in [2.24, 2.45) is 5.92 Å². The van der Waals surface area contributed by atoms with E-state index in [4.69, 9.17) is 16.1 Å². The number of amides is 1. The van der Waals surface area contributed by atoms with Crippen molar-refractivity contribution in [3.8, 4) is 0 Å². The number of halogens is 1. The Balaban J connectivity index is 1.45. The van der Waals surface area contributed by atoms with Gasteiger partial charge in [-0.05, 0) is 55.9 Å². The van der Waals surface area contributed by atoms with Gasteiger partial charge in [-0.1, -0.05) is 73.6 Å². The summed E-state index contributed by atoms with van der Waals surface area (Å²) in [5, 5.41) is 9.34. The monoisotopic (exact) mass is 519 g/mol. The van der Waals surface area contributed by atoms with E-state index in [1.54, 1.807) is 0 Å². The fourth-order valence-electron chi connectivity index (χ4n) is 5.75. The van der Waals surface area contributed by atoms with Crippen molar-refractivity contribution in [1.29, 1.82) is 0 Å². The second-order valence-electron chi connectivity index (χ2n) is 10.2. The van der Waals surface area contributed by atoms with Crippen LogP contribution in [0, 0.1) is 5.92 Å². The highest BCUT2D eigenvalue weighted by atomic mass is 35.5. The molecule has 2 unspecified atom stereocenters. The highest BCUT2D eigenvalue weighted by molar-refractivity contribution is 6.37. The minimum Gasteiger partial charge on any atom is -0.360 e. The highest BCUT2D eigenvalue weighted by Crippen LogP contribution is 2.37. The Morgan fingerprint density at radius 2 is 1.92 bits per heavy atom. The second kappa shape index (κ2) is 11.5. The summed E-state index contributed by atoms with van der Waals surface area (Å²) >= 11 is 6.68. The molecular formula is C30H34ClN3O3. The number of carbonyl (C=O) groups is 1. The lowest BCUT2D eigenvalue weighted by Crippen LogP contribution is -2.34. The lowest BCUT2D eigenvalue weighted by Gasteiger charge is -2.31. The van der Waals surface area contributed by atoms with Crippen LogP contribution in [0.5, 0.6) is 0 Å². The van der Waals surface area contributed by atoms with Crippen molar-refractivity contribution in [3.63, 3.8) is 0 Å². The van der Waals surface area contributed by atoms with Crippen molar-refractivity contribution in [2.75, 3.05) is 6.54 Å². The number of hydrogen-bond donors (Lipinski definition) is 1. The van der Waals surface area contributed by atoms with Crippen LogP contribution in [-0.2, 0) is 6.42 Å². The molecule has 0 radical (unpaired) electrons. The molecule has 1 saturated carbocycles. The maximum atomic E-state index is 14.0. The van der Waals surface area contributed by atoms with Gasteiger partial charge in [0.25, 0.3) is 11.5 Å². The second-order valence-corrected chi connectivity index (χ2v) is 10.6. The lowest BCUT2D eigenvalue weighted by atomic mass is 9.85. The third-order valence-corrected chi connectivity index (χ3v) is 7.96. The molecule has 0 saturated heterocycles. The minimum atomic E-state index is -0.0595. The summed E-state index contributed by atoms with van der Waals surface area (Å²) in [6, 6.07) is 15.0. The molecule has 1 N–H and O–H groups in total. The molecule has 0 spiro atoms. The van der Waals surface area contributed by atoms with Gasteiger partial charge in [-0.3, -0.25) is 9.59 Å². The van der Waals surface area contributed by atoms with Crippen LogP contribution in [0.25, 0.3) is 21.8 Å². The summed E-state index contributed by atoms with van der Waals surface area (Å²) < 4.78 is 7.67. The van der Waals surface area contributed by atoms with Gasteiger partial charge in [0.2, 0.25) is 0 Å². The van der Waals surface area contributed by atoms with Gasteiger partial charge >= 0.3 is 0 Å². The van der Waals surface area contributed by atoms with Gasteiger partial charge < -0.3 is 14.4 Å². The van der Waals surface area contributed by atoms with E-state index >= 15 is 0 Å². The summed E-state index contributed by atoms with van der Waals surface area (Å²) in [5.74, 6) is 0.893. The molecule has 0 aliphatic heterocycles. The Labute approximate surface area is 222 Å². The number of hydrogen-bond acceptors (Lipinski definition) is 4. The van der Waals surface area contributed by atoms with E-state index in [-0.39, 0.29) is 17.5 Å². The van der Waals surface area contributed by atoms with E-state index in [0.717, 1.165) is 62.3 Å². The van der Waals surface area contributed by atoms with Crippen LogP contribution in [0.4, 0.5) is 0 Å². The zero-order valence-corrected chi connectivity index (χ0v) is 22.1. The number of nitrogens with zero attached hydrogens (tertiary/aromatic N) is 2. The Morgan fingerprint density at radius 1 is 1.08 bits per heavy atom. The SMILES string of the molecule is CCCCCCc1onc2c1c(=O)n(C1CCCC(CNC(=O)c3ccccc3)C1)c1cccc(Cl)c21. The summed E-state index contributed by atoms with van der Waals surface area (Å²) in [4.78, 5) is 26.6. The molecular weight excluding hydrogens is 486 g/mol. The fourth-order valence-corrected chi connectivity index (χ4v) is 6.01. The molecule has 1 aliphatic rings. The molecule has 7 heteroatoms. The van der Waals surface area contributed by atoms with Crippen LogP contribution < -0.4 is 10.9 Å². The number of fused-ring (bicyclic) bond motifs is 3. The number of aryl methyl sites for hydroxylation is 1. The Hall–Kier alpha value is -3.12. The minimum absolute atomic E-state index is 0.0214.